The summed E-state index contributed by atoms with van der Waals surface area (Å²) >= 11 is 0. The Morgan fingerprint density at radius 1 is 1.20 bits per heavy atom. The highest BCUT2D eigenvalue weighted by molar-refractivity contribution is 7.89. The van der Waals surface area contributed by atoms with Gasteiger partial charge in [0.05, 0.1) is 22.6 Å². The Balaban J connectivity index is 1.98. The van der Waals surface area contributed by atoms with Gasteiger partial charge in [0.25, 0.3) is 11.6 Å². The van der Waals surface area contributed by atoms with Crippen molar-refractivity contribution >= 4 is 39.4 Å². The molecule has 0 fully saturated rings. The number of nitrogens with one attached hydrogen (secondary N) is 2. The normalized spacial score (nSPS) is 11.4. The summed E-state index contributed by atoms with van der Waals surface area (Å²) < 4.78 is 26.0. The maximum atomic E-state index is 12.6. The minimum atomic E-state index is -3.94. The summed E-state index contributed by atoms with van der Waals surface area (Å²) in [6, 6.07) is 11.1. The molecule has 0 aliphatic rings. The van der Waals surface area contributed by atoms with Crippen LogP contribution in [0.25, 0.3) is 0 Å². The largest absolute Gasteiger partial charge is 0.326 e. The average Bonchev–Trinajstić information content (AvgIpc) is 2.68. The number of non-ortho nitro benzene ring substituents is 1. The van der Waals surface area contributed by atoms with Crippen LogP contribution in [0.1, 0.15) is 12.5 Å². The molecule has 2 N–H and O–H groups in total. The van der Waals surface area contributed by atoms with Crippen molar-refractivity contribution in [3.8, 4) is 0 Å². The topological polar surface area (TPSA) is 151 Å². The maximum absolute atomic E-state index is 12.6. The second-order valence-electron chi connectivity index (χ2n) is 6.11. The molecule has 0 aliphatic heterocycles. The number of nitrogens with zero attached hydrogens (tertiary/aromatic N) is 3. The molecule has 2 rings (SSSR count). The van der Waals surface area contributed by atoms with Gasteiger partial charge in [-0.3, -0.25) is 19.7 Å². The summed E-state index contributed by atoms with van der Waals surface area (Å²) in [5.74, 6) is -0.984. The summed E-state index contributed by atoms with van der Waals surface area (Å²) in [6.45, 7) is 0.834. The zero-order chi connectivity index (χ0) is 22.3. The second kappa shape index (κ2) is 9.71. The summed E-state index contributed by atoms with van der Waals surface area (Å²) in [5, 5.41) is 17.0. The van der Waals surface area contributed by atoms with E-state index >= 15 is 0 Å². The molecule has 0 atom stereocenters. The number of anilines is 1. The van der Waals surface area contributed by atoms with Gasteiger partial charge in [-0.2, -0.15) is 9.41 Å². The quantitative estimate of drug-likeness (QED) is 0.364. The highest BCUT2D eigenvalue weighted by atomic mass is 32.2. The highest BCUT2D eigenvalue weighted by Crippen LogP contribution is 2.17. The fourth-order valence-electron chi connectivity index (χ4n) is 2.31. The zero-order valence-electron chi connectivity index (χ0n) is 16.1. The van der Waals surface area contributed by atoms with Crippen molar-refractivity contribution in [1.82, 2.24) is 9.73 Å². The molecule has 0 radical (unpaired) electrons. The first-order valence-corrected chi connectivity index (χ1v) is 9.94. The Morgan fingerprint density at radius 2 is 1.87 bits per heavy atom. The lowest BCUT2D eigenvalue weighted by Crippen LogP contribution is -2.36. The van der Waals surface area contributed by atoms with Crippen molar-refractivity contribution in [3.05, 3.63) is 64.2 Å². The Kier molecular flexibility index (Phi) is 7.33. The molecule has 2 aromatic carbocycles. The molecule has 0 saturated carbocycles. The van der Waals surface area contributed by atoms with Gasteiger partial charge >= 0.3 is 0 Å². The first-order valence-electron chi connectivity index (χ1n) is 8.50. The minimum absolute atomic E-state index is 0.0491. The predicted octanol–water partition coefficient (Wildman–Crippen LogP) is 1.32. The summed E-state index contributed by atoms with van der Waals surface area (Å²) in [7, 11) is -2.70. The number of carbonyl (C=O) groups excluding carboxylic acids is 2. The summed E-state index contributed by atoms with van der Waals surface area (Å²) in [6.07, 6.45) is 1.21. The van der Waals surface area contributed by atoms with Crippen molar-refractivity contribution in [2.45, 2.75) is 11.8 Å². The lowest BCUT2D eigenvalue weighted by molar-refractivity contribution is -0.384. The van der Waals surface area contributed by atoms with Gasteiger partial charge in [-0.05, 0) is 24.3 Å². The van der Waals surface area contributed by atoms with Gasteiger partial charge in [0.1, 0.15) is 0 Å². The number of likely N-dealkylation sites (N-methyl/N-ethyl adjacent to an activating group) is 1. The van der Waals surface area contributed by atoms with Gasteiger partial charge < -0.3 is 5.32 Å². The van der Waals surface area contributed by atoms with Crippen LogP contribution in [0, 0.1) is 10.1 Å². The molecule has 158 valence electrons. The van der Waals surface area contributed by atoms with E-state index in [9.17, 15) is 28.1 Å². The molecule has 11 nitrogen and oxygen atoms in total. The lowest BCUT2D eigenvalue weighted by atomic mass is 10.2. The maximum Gasteiger partial charge on any atom is 0.270 e. The molecule has 2 amide bonds. The van der Waals surface area contributed by atoms with E-state index in [2.05, 4.69) is 15.8 Å². The molecule has 0 aromatic heterocycles. The molecule has 0 bridgehead atoms. The molecule has 0 spiro atoms. The number of hydrazone groups is 1. The number of sulfonamides is 1. The smallest absolute Gasteiger partial charge is 0.270 e. The van der Waals surface area contributed by atoms with Crippen LogP contribution in [0.4, 0.5) is 11.4 Å². The number of hydrogen-bond donors (Lipinski definition) is 2. The summed E-state index contributed by atoms with van der Waals surface area (Å²) in [5.41, 5.74) is 2.88. The fraction of sp³-hybridized carbons (Fsp3) is 0.167. The van der Waals surface area contributed by atoms with Crippen LogP contribution in [0.5, 0.6) is 0 Å². The van der Waals surface area contributed by atoms with E-state index in [1.165, 1.54) is 62.7 Å². The third-order valence-electron chi connectivity index (χ3n) is 3.73. The van der Waals surface area contributed by atoms with E-state index < -0.39 is 27.4 Å². The van der Waals surface area contributed by atoms with Gasteiger partial charge in [0.2, 0.25) is 15.9 Å². The molecular weight excluding hydrogens is 414 g/mol. The predicted molar refractivity (Wildman–Crippen MR) is 109 cm³/mol. The van der Waals surface area contributed by atoms with Crippen LogP contribution in [-0.4, -0.2) is 49.3 Å². The number of rotatable bonds is 8. The van der Waals surface area contributed by atoms with Crippen molar-refractivity contribution < 1.29 is 22.9 Å². The Morgan fingerprint density at radius 3 is 2.47 bits per heavy atom. The number of carbonyl (C=O) groups is 2. The van der Waals surface area contributed by atoms with Crippen molar-refractivity contribution in [3.63, 3.8) is 0 Å². The van der Waals surface area contributed by atoms with Crippen molar-refractivity contribution in [1.29, 1.82) is 0 Å². The third kappa shape index (κ3) is 6.18. The van der Waals surface area contributed by atoms with Crippen LogP contribution in [0.3, 0.4) is 0 Å². The van der Waals surface area contributed by atoms with E-state index in [4.69, 9.17) is 0 Å². The molecule has 0 heterocycles. The third-order valence-corrected chi connectivity index (χ3v) is 5.55. The van der Waals surface area contributed by atoms with Gasteiger partial charge in [-0.25, -0.2) is 13.8 Å². The number of amides is 2. The molecule has 12 heteroatoms. The van der Waals surface area contributed by atoms with E-state index in [0.717, 1.165) is 4.31 Å². The van der Waals surface area contributed by atoms with Crippen molar-refractivity contribution in [2.75, 3.05) is 18.9 Å². The Hall–Kier alpha value is -3.64. The molecule has 0 aliphatic carbocycles. The standard InChI is InChI=1S/C18H19N5O6S/c1-13(24)20-15-6-8-17(9-7-15)30(28,29)22(2)12-18(25)21-19-11-14-4-3-5-16(10-14)23(26)27/h3-11H,12H2,1-2H3,(H,20,24)(H,21,25)/b19-11+. The highest BCUT2D eigenvalue weighted by Gasteiger charge is 2.22. The van der Waals surface area contributed by atoms with E-state index in [1.807, 2.05) is 0 Å². The second-order valence-corrected chi connectivity index (χ2v) is 8.16. The zero-order valence-corrected chi connectivity index (χ0v) is 16.9. The van der Waals surface area contributed by atoms with Crippen LogP contribution in [0.15, 0.2) is 58.5 Å². The van der Waals surface area contributed by atoms with Gasteiger partial charge in [-0.15, -0.1) is 0 Å². The van der Waals surface area contributed by atoms with Crippen LogP contribution in [-0.2, 0) is 19.6 Å². The fourth-order valence-corrected chi connectivity index (χ4v) is 3.44. The van der Waals surface area contributed by atoms with Gasteiger partial charge in [-0.1, -0.05) is 12.1 Å². The van der Waals surface area contributed by atoms with Gasteiger partial charge in [0, 0.05) is 37.4 Å². The van der Waals surface area contributed by atoms with Gasteiger partial charge in [0.15, 0.2) is 0 Å². The average molecular weight is 433 g/mol. The van der Waals surface area contributed by atoms with Crippen LogP contribution in [0.2, 0.25) is 0 Å². The molecular formula is C18H19N5O6S. The van der Waals surface area contributed by atoms with E-state index in [1.54, 1.807) is 6.07 Å². The molecule has 30 heavy (non-hydrogen) atoms. The molecule has 0 saturated heterocycles. The summed E-state index contributed by atoms with van der Waals surface area (Å²) in [4.78, 5) is 33.1. The Bertz CT molecular complexity index is 1080. The Labute approximate surface area is 172 Å². The van der Waals surface area contributed by atoms with Crippen molar-refractivity contribution in [2.24, 2.45) is 5.10 Å². The monoisotopic (exact) mass is 433 g/mol. The van der Waals surface area contributed by atoms with E-state index in [-0.39, 0.29) is 16.5 Å². The minimum Gasteiger partial charge on any atom is -0.326 e. The number of nitro benzene ring substituents is 1. The van der Waals surface area contributed by atoms with E-state index in [0.29, 0.717) is 11.3 Å². The SMILES string of the molecule is CC(=O)Nc1ccc(S(=O)(=O)N(C)CC(=O)N/N=C/c2cccc([N+](=O)[O-])c2)cc1. The van der Waals surface area contributed by atoms with Crippen LogP contribution >= 0.6 is 0 Å². The number of nitro groups is 1. The number of benzene rings is 2. The van der Waals surface area contributed by atoms with Crippen LogP contribution < -0.4 is 10.7 Å². The number of hydrogen-bond acceptors (Lipinski definition) is 7. The molecule has 2 aromatic rings. The first-order chi connectivity index (χ1) is 14.1. The lowest BCUT2D eigenvalue weighted by Gasteiger charge is -2.16. The first kappa shape index (κ1) is 22.6. The molecule has 0 unspecified atom stereocenters.